The van der Waals surface area contributed by atoms with E-state index in [-0.39, 0.29) is 11.9 Å². The van der Waals surface area contributed by atoms with Crippen molar-refractivity contribution in [1.29, 1.82) is 0 Å². The third kappa shape index (κ3) is 4.83. The van der Waals surface area contributed by atoms with Crippen LogP contribution in [0.2, 0.25) is 10.0 Å². The third-order valence-electron chi connectivity index (χ3n) is 5.49. The molecule has 0 fully saturated rings. The van der Waals surface area contributed by atoms with Crippen LogP contribution in [0.1, 0.15) is 23.9 Å². The van der Waals surface area contributed by atoms with Crippen LogP contribution in [0.5, 0.6) is 0 Å². The number of aryl methyl sites for hydroxylation is 3. The van der Waals surface area contributed by atoms with Crippen LogP contribution in [0.3, 0.4) is 0 Å². The highest BCUT2D eigenvalue weighted by Crippen LogP contribution is 2.37. The van der Waals surface area contributed by atoms with E-state index in [9.17, 15) is 0 Å². The first-order valence-corrected chi connectivity index (χ1v) is 11.4. The summed E-state index contributed by atoms with van der Waals surface area (Å²) in [6.07, 6.45) is 2.47. The maximum atomic E-state index is 5.99. The molecule has 8 N–H and O–H groups in total. The highest BCUT2D eigenvalue weighted by Gasteiger charge is 2.21. The van der Waals surface area contributed by atoms with Gasteiger partial charge in [0, 0.05) is 21.2 Å². The fourth-order valence-corrected chi connectivity index (χ4v) is 4.34. The van der Waals surface area contributed by atoms with E-state index < -0.39 is 0 Å². The average Bonchev–Trinajstić information content (AvgIpc) is 2.79. The molecule has 34 heavy (non-hydrogen) atoms. The van der Waals surface area contributed by atoms with E-state index in [1.165, 1.54) is 5.56 Å². The van der Waals surface area contributed by atoms with Crippen molar-refractivity contribution in [2.45, 2.75) is 26.2 Å². The number of nitrogens with two attached hydrogens (primary N) is 4. The fourth-order valence-electron chi connectivity index (χ4n) is 4.02. The Morgan fingerprint density at radius 3 is 2.03 bits per heavy atom. The van der Waals surface area contributed by atoms with Crippen molar-refractivity contribution in [3.05, 3.63) is 69.5 Å². The molecule has 0 aliphatic heterocycles. The van der Waals surface area contributed by atoms with Crippen LogP contribution in [0.25, 0.3) is 22.3 Å². The number of halogens is 2. The Bertz CT molecular complexity index is 1310. The summed E-state index contributed by atoms with van der Waals surface area (Å²) in [6, 6.07) is 13.2. The molecule has 4 aromatic rings. The molecular formula is C24H24Cl2N8. The fraction of sp³-hybridized carbons (Fsp3) is 0.167. The van der Waals surface area contributed by atoms with Crippen LogP contribution in [-0.2, 0) is 19.3 Å². The van der Waals surface area contributed by atoms with Crippen LogP contribution in [0.4, 0.5) is 23.5 Å². The van der Waals surface area contributed by atoms with Crippen LogP contribution in [0, 0.1) is 0 Å². The zero-order valence-electron chi connectivity index (χ0n) is 18.5. The van der Waals surface area contributed by atoms with Gasteiger partial charge >= 0.3 is 0 Å². The molecule has 0 unspecified atom stereocenters. The second kappa shape index (κ2) is 9.70. The first kappa shape index (κ1) is 23.5. The Kier molecular flexibility index (Phi) is 6.72. The minimum atomic E-state index is 0.206. The van der Waals surface area contributed by atoms with Crippen molar-refractivity contribution < 1.29 is 0 Å². The van der Waals surface area contributed by atoms with Crippen molar-refractivity contribution in [1.82, 2.24) is 19.9 Å². The molecule has 2 heterocycles. The zero-order valence-corrected chi connectivity index (χ0v) is 20.0. The highest BCUT2D eigenvalue weighted by atomic mass is 35.5. The highest BCUT2D eigenvalue weighted by molar-refractivity contribution is 6.31. The van der Waals surface area contributed by atoms with E-state index in [4.69, 9.17) is 46.1 Å². The first-order valence-electron chi connectivity index (χ1n) is 10.6. The van der Waals surface area contributed by atoms with Gasteiger partial charge < -0.3 is 22.9 Å². The summed E-state index contributed by atoms with van der Waals surface area (Å²) < 4.78 is 0. The van der Waals surface area contributed by atoms with Crippen molar-refractivity contribution in [3.8, 4) is 22.3 Å². The monoisotopic (exact) mass is 494 g/mol. The lowest BCUT2D eigenvalue weighted by molar-refractivity contribution is 0.890. The maximum Gasteiger partial charge on any atom is 0.222 e. The lowest BCUT2D eigenvalue weighted by atomic mass is 9.89. The number of hydrogen-bond donors (Lipinski definition) is 4. The van der Waals surface area contributed by atoms with E-state index in [1.54, 1.807) is 0 Å². The smallest absolute Gasteiger partial charge is 0.222 e. The molecular weight excluding hydrogens is 471 g/mol. The normalized spacial score (nSPS) is 11.7. The van der Waals surface area contributed by atoms with E-state index in [1.807, 2.05) is 49.4 Å². The van der Waals surface area contributed by atoms with E-state index in [0.717, 1.165) is 57.9 Å². The molecule has 174 valence electrons. The number of anilines is 4. The van der Waals surface area contributed by atoms with Gasteiger partial charge in [0.2, 0.25) is 11.9 Å². The van der Waals surface area contributed by atoms with Crippen molar-refractivity contribution in [2.75, 3.05) is 22.9 Å². The van der Waals surface area contributed by atoms with Gasteiger partial charge in [0.05, 0.1) is 11.4 Å². The summed E-state index contributed by atoms with van der Waals surface area (Å²) in [6.45, 7) is 2.00. The van der Waals surface area contributed by atoms with Gasteiger partial charge in [-0.05, 0) is 60.2 Å². The number of rotatable bonds is 2. The molecule has 1 aliphatic carbocycles. The summed E-state index contributed by atoms with van der Waals surface area (Å²) in [5.41, 5.74) is 29.7. The summed E-state index contributed by atoms with van der Waals surface area (Å²) in [5, 5.41) is 1.42. The van der Waals surface area contributed by atoms with Gasteiger partial charge in [-0.15, -0.1) is 0 Å². The van der Waals surface area contributed by atoms with Gasteiger partial charge in [-0.1, -0.05) is 48.3 Å². The molecule has 0 saturated heterocycles. The molecule has 10 heteroatoms. The Morgan fingerprint density at radius 1 is 0.735 bits per heavy atom. The van der Waals surface area contributed by atoms with Crippen molar-refractivity contribution >= 4 is 46.7 Å². The molecule has 0 radical (unpaired) electrons. The van der Waals surface area contributed by atoms with E-state index in [2.05, 4.69) is 19.9 Å². The number of aromatic nitrogens is 4. The number of fused-ring (bicyclic) bond motifs is 3. The van der Waals surface area contributed by atoms with Gasteiger partial charge in [-0.2, -0.15) is 9.97 Å². The van der Waals surface area contributed by atoms with Gasteiger partial charge in [-0.3, -0.25) is 0 Å². The van der Waals surface area contributed by atoms with Gasteiger partial charge in [0.1, 0.15) is 11.6 Å². The van der Waals surface area contributed by atoms with Crippen LogP contribution in [0.15, 0.2) is 42.5 Å². The first-order chi connectivity index (χ1) is 16.3. The minimum Gasteiger partial charge on any atom is -0.383 e. The average molecular weight is 495 g/mol. The second-order valence-corrected chi connectivity index (χ2v) is 8.61. The molecule has 2 aromatic heterocycles. The van der Waals surface area contributed by atoms with Gasteiger partial charge in [0.25, 0.3) is 0 Å². The SMILES string of the molecule is CCc1nc(N)nc(N)c1-c1ccc(Cl)cc1.Nc1nc(N)c2c(n1)CCc1cc(Cl)ccc1-2. The molecule has 0 atom stereocenters. The predicted molar refractivity (Wildman–Crippen MR) is 139 cm³/mol. The molecule has 5 rings (SSSR count). The van der Waals surface area contributed by atoms with Crippen LogP contribution < -0.4 is 22.9 Å². The topological polar surface area (TPSA) is 156 Å². The number of hydrogen-bond acceptors (Lipinski definition) is 8. The van der Waals surface area contributed by atoms with Gasteiger partial charge in [0.15, 0.2) is 0 Å². The second-order valence-electron chi connectivity index (χ2n) is 7.74. The summed E-state index contributed by atoms with van der Waals surface area (Å²) >= 11 is 11.8. The molecule has 0 amide bonds. The van der Waals surface area contributed by atoms with Crippen molar-refractivity contribution in [2.24, 2.45) is 0 Å². The zero-order chi connectivity index (χ0) is 24.4. The molecule has 2 aromatic carbocycles. The third-order valence-corrected chi connectivity index (χ3v) is 5.98. The summed E-state index contributed by atoms with van der Waals surface area (Å²) in [7, 11) is 0. The molecule has 1 aliphatic rings. The predicted octanol–water partition coefficient (Wildman–Crippen LogP) is 4.58. The summed E-state index contributed by atoms with van der Waals surface area (Å²) in [5.74, 6) is 1.28. The Hall–Kier alpha value is -3.62. The van der Waals surface area contributed by atoms with Gasteiger partial charge in [-0.25, -0.2) is 9.97 Å². The molecule has 0 spiro atoms. The number of nitrogen functional groups attached to an aromatic ring is 4. The van der Waals surface area contributed by atoms with E-state index in [0.29, 0.717) is 16.7 Å². The lowest BCUT2D eigenvalue weighted by Gasteiger charge is -2.20. The summed E-state index contributed by atoms with van der Waals surface area (Å²) in [4.78, 5) is 16.5. The van der Waals surface area contributed by atoms with Crippen LogP contribution in [-0.4, -0.2) is 19.9 Å². The quantitative estimate of drug-likeness (QED) is 0.315. The largest absolute Gasteiger partial charge is 0.383 e. The minimum absolute atomic E-state index is 0.206. The standard InChI is InChI=1S/C12H11ClN4.C12H13ClN4/c13-7-2-3-8-6(5-7)1-4-9-10(8)11(14)17-12(15)16-9;1-2-9-10(11(14)17-12(15)16-9)7-3-5-8(13)6-4-7/h2-3,5H,1,4H2,(H4,14,15,16,17);3-6H,2H2,1H3,(H4,14,15,16,17). The number of nitrogens with zero attached hydrogens (tertiary/aromatic N) is 4. The maximum absolute atomic E-state index is 5.99. The lowest BCUT2D eigenvalue weighted by Crippen LogP contribution is -2.12. The molecule has 0 bridgehead atoms. The van der Waals surface area contributed by atoms with Crippen molar-refractivity contribution in [3.63, 3.8) is 0 Å². The Balaban J connectivity index is 0.000000161. The number of benzene rings is 2. The van der Waals surface area contributed by atoms with Crippen LogP contribution >= 0.6 is 23.2 Å². The Labute approximate surface area is 207 Å². The Morgan fingerprint density at radius 2 is 1.35 bits per heavy atom. The molecule has 8 nitrogen and oxygen atoms in total. The molecule has 0 saturated carbocycles. The van der Waals surface area contributed by atoms with E-state index >= 15 is 0 Å².